The molecule has 0 saturated carbocycles. The zero-order chi connectivity index (χ0) is 26.3. The molecule has 188 valence electrons. The van der Waals surface area contributed by atoms with Crippen LogP contribution in [-0.4, -0.2) is 42.6 Å². The van der Waals surface area contributed by atoms with Crippen molar-refractivity contribution in [3.8, 4) is 18.6 Å². The minimum absolute atomic E-state index is 0.0607. The van der Waals surface area contributed by atoms with Crippen LogP contribution in [0.25, 0.3) is 0 Å². The quantitative estimate of drug-likeness (QED) is 0.406. The smallest absolute Gasteiger partial charge is 0.443 e. The Morgan fingerprint density at radius 2 is 1.74 bits per heavy atom. The van der Waals surface area contributed by atoms with Crippen molar-refractivity contribution in [2.45, 2.75) is 59.5 Å². The molecule has 2 atom stereocenters. The Bertz CT molecular complexity index is 900. The summed E-state index contributed by atoms with van der Waals surface area (Å²) in [7, 11) is 1.82. The van der Waals surface area contributed by atoms with Gasteiger partial charge in [0.15, 0.2) is 0 Å². The molecule has 2 rings (SSSR count). The molecule has 1 aliphatic rings. The molecular formula is C25H34F3N3O3. The van der Waals surface area contributed by atoms with Gasteiger partial charge in [0.1, 0.15) is 11.4 Å². The molecule has 6 nitrogen and oxygen atoms in total. The second-order valence-electron chi connectivity index (χ2n) is 8.80. The molecule has 1 aromatic rings. The molecule has 34 heavy (non-hydrogen) atoms. The number of halogens is 3. The fourth-order valence-corrected chi connectivity index (χ4v) is 3.21. The minimum Gasteiger partial charge on any atom is -0.443 e. The van der Waals surface area contributed by atoms with Crippen molar-refractivity contribution in [3.63, 3.8) is 0 Å². The molecular weight excluding hydrogens is 447 g/mol. The summed E-state index contributed by atoms with van der Waals surface area (Å²) in [5.74, 6) is -0.0387. The second kappa shape index (κ2) is 11.7. The first kappa shape index (κ1) is 28.8. The lowest BCUT2D eigenvalue weighted by atomic mass is 9.88. The zero-order valence-electron chi connectivity index (χ0n) is 20.7. The Morgan fingerprint density at radius 3 is 2.24 bits per heavy atom. The van der Waals surface area contributed by atoms with Crippen LogP contribution >= 0.6 is 0 Å². The Morgan fingerprint density at radius 1 is 1.18 bits per heavy atom. The summed E-state index contributed by atoms with van der Waals surface area (Å²) in [5.41, 5.74) is 1.94. The van der Waals surface area contributed by atoms with Gasteiger partial charge >= 0.3 is 12.5 Å². The summed E-state index contributed by atoms with van der Waals surface area (Å²) >= 11 is 0. The number of hydrogen-bond donors (Lipinski definition) is 1. The van der Waals surface area contributed by atoms with Gasteiger partial charge in [-0.25, -0.2) is 4.79 Å². The lowest BCUT2D eigenvalue weighted by Crippen LogP contribution is -2.55. The molecule has 1 amide bonds. The molecule has 1 N–H and O–H groups in total. The van der Waals surface area contributed by atoms with Crippen molar-refractivity contribution < 1.29 is 27.4 Å². The van der Waals surface area contributed by atoms with E-state index in [2.05, 4.69) is 29.8 Å². The third kappa shape index (κ3) is 8.25. The summed E-state index contributed by atoms with van der Waals surface area (Å²) in [6.07, 6.45) is 6.70. The summed E-state index contributed by atoms with van der Waals surface area (Å²) in [6.45, 7) is 12.0. The molecule has 0 aliphatic carbocycles. The first-order valence-electron chi connectivity index (χ1n) is 10.7. The number of nitrogens with one attached hydrogen (secondary N) is 1. The average molecular weight is 482 g/mol. The fraction of sp³-hybridized carbons (Fsp3) is 0.480. The first-order chi connectivity index (χ1) is 15.7. The number of allylic oxidation sites excluding steroid dienone is 1. The van der Waals surface area contributed by atoms with Crippen LogP contribution in [0, 0.1) is 18.8 Å². The van der Waals surface area contributed by atoms with Gasteiger partial charge in [-0.05, 0) is 65.0 Å². The number of alkyl halides is 3. The molecule has 0 spiro atoms. The zero-order valence-corrected chi connectivity index (χ0v) is 20.7. The van der Waals surface area contributed by atoms with E-state index >= 15 is 0 Å². The van der Waals surface area contributed by atoms with E-state index < -0.39 is 12.0 Å². The van der Waals surface area contributed by atoms with E-state index in [9.17, 15) is 18.0 Å². The normalized spacial score (nSPS) is 19.5. The van der Waals surface area contributed by atoms with Gasteiger partial charge in [-0.3, -0.25) is 4.90 Å². The maximum atomic E-state index is 12.4. The largest absolute Gasteiger partial charge is 0.573 e. The van der Waals surface area contributed by atoms with E-state index in [1.54, 1.807) is 17.0 Å². The standard InChI is InChI=1S/C23H32F3N3O3.C2H2/c1-15(28(7)18-8-10-19(11-9-18)31-23(24,25)26)12-13-27-14-20-16(2)17(3)29(20)21(30)32-22(4,5)6;1-2/h8-12,14,16-17,27H,13H2,1-7H3;1-2H/b15-12-,20-14+;. The van der Waals surface area contributed by atoms with E-state index in [0.29, 0.717) is 6.54 Å². The van der Waals surface area contributed by atoms with Crippen LogP contribution in [0.2, 0.25) is 0 Å². The van der Waals surface area contributed by atoms with Crippen LogP contribution in [0.3, 0.4) is 0 Å². The highest BCUT2D eigenvalue weighted by atomic mass is 19.4. The molecule has 0 bridgehead atoms. The second-order valence-corrected chi connectivity index (χ2v) is 8.80. The predicted octanol–water partition coefficient (Wildman–Crippen LogP) is 5.88. The number of amides is 1. The van der Waals surface area contributed by atoms with E-state index in [4.69, 9.17) is 4.74 Å². The van der Waals surface area contributed by atoms with E-state index in [0.717, 1.165) is 17.1 Å². The van der Waals surface area contributed by atoms with Gasteiger partial charge < -0.3 is 19.7 Å². The topological polar surface area (TPSA) is 54.0 Å². The highest BCUT2D eigenvalue weighted by Crippen LogP contribution is 2.36. The van der Waals surface area contributed by atoms with Crippen molar-refractivity contribution in [2.24, 2.45) is 5.92 Å². The van der Waals surface area contributed by atoms with Crippen LogP contribution in [-0.2, 0) is 4.74 Å². The average Bonchev–Trinajstić information content (AvgIpc) is 2.74. The molecule has 1 saturated heterocycles. The van der Waals surface area contributed by atoms with E-state index in [1.165, 1.54) is 12.1 Å². The SMILES string of the molecule is C#C.C/C(=C/CN/C=C1\C(C)C(C)N1C(=O)OC(C)(C)C)N(C)c1ccc(OC(F)(F)F)cc1. The van der Waals surface area contributed by atoms with Crippen LogP contribution in [0.1, 0.15) is 41.5 Å². The van der Waals surface area contributed by atoms with Crippen LogP contribution in [0.15, 0.2) is 47.9 Å². The van der Waals surface area contributed by atoms with E-state index in [-0.39, 0.29) is 23.8 Å². The summed E-state index contributed by atoms with van der Waals surface area (Å²) in [5, 5.41) is 3.20. The molecule has 2 unspecified atom stereocenters. The van der Waals surface area contributed by atoms with Crippen LogP contribution < -0.4 is 15.0 Å². The monoisotopic (exact) mass is 481 g/mol. The molecule has 1 aromatic carbocycles. The number of terminal acetylenes is 1. The maximum absolute atomic E-state index is 12.4. The van der Waals surface area contributed by atoms with Crippen molar-refractivity contribution in [2.75, 3.05) is 18.5 Å². The molecule has 0 radical (unpaired) electrons. The highest BCUT2D eigenvalue weighted by molar-refractivity contribution is 5.73. The number of anilines is 1. The molecule has 1 heterocycles. The number of rotatable bonds is 6. The summed E-state index contributed by atoms with van der Waals surface area (Å²) in [4.78, 5) is 15.9. The first-order valence-corrected chi connectivity index (χ1v) is 10.7. The predicted molar refractivity (Wildman–Crippen MR) is 128 cm³/mol. The minimum atomic E-state index is -4.71. The van der Waals surface area contributed by atoms with Crippen molar-refractivity contribution in [1.29, 1.82) is 0 Å². The Labute approximate surface area is 200 Å². The summed E-state index contributed by atoms with van der Waals surface area (Å²) < 4.78 is 46.3. The molecule has 1 fully saturated rings. The fourth-order valence-electron chi connectivity index (χ4n) is 3.21. The number of benzene rings is 1. The lowest BCUT2D eigenvalue weighted by molar-refractivity contribution is -0.274. The van der Waals surface area contributed by atoms with Gasteiger partial charge in [0.2, 0.25) is 0 Å². The van der Waals surface area contributed by atoms with Crippen molar-refractivity contribution in [3.05, 3.63) is 47.9 Å². The van der Waals surface area contributed by atoms with Crippen LogP contribution in [0.5, 0.6) is 5.75 Å². The van der Waals surface area contributed by atoms with Crippen molar-refractivity contribution >= 4 is 11.8 Å². The number of nitrogens with zero attached hydrogens (tertiary/aromatic N) is 2. The third-order valence-electron chi connectivity index (χ3n) is 5.22. The molecule has 1 aliphatic heterocycles. The number of carbonyl (C=O) groups excluding carboxylic acids is 1. The van der Waals surface area contributed by atoms with Crippen LogP contribution in [0.4, 0.5) is 23.7 Å². The van der Waals surface area contributed by atoms with Gasteiger partial charge in [0.25, 0.3) is 0 Å². The molecule has 9 heteroatoms. The number of hydrogen-bond acceptors (Lipinski definition) is 5. The lowest BCUT2D eigenvalue weighted by Gasteiger charge is -2.47. The summed E-state index contributed by atoms with van der Waals surface area (Å²) in [6, 6.07) is 5.73. The van der Waals surface area contributed by atoms with Gasteiger partial charge in [-0.15, -0.1) is 26.0 Å². The Kier molecular flexibility index (Phi) is 9.92. The van der Waals surface area contributed by atoms with Gasteiger partial charge in [0, 0.05) is 48.8 Å². The Balaban J connectivity index is 0.00000281. The number of likely N-dealkylation sites (tertiary alicyclic amines) is 1. The number of ether oxygens (including phenoxy) is 2. The van der Waals surface area contributed by atoms with Gasteiger partial charge in [0.05, 0.1) is 0 Å². The number of carbonyl (C=O) groups is 1. The molecule has 0 aromatic heterocycles. The highest BCUT2D eigenvalue weighted by Gasteiger charge is 2.43. The van der Waals surface area contributed by atoms with Crippen molar-refractivity contribution in [1.82, 2.24) is 10.2 Å². The van der Waals surface area contributed by atoms with Gasteiger partial charge in [-0.1, -0.05) is 6.92 Å². The van der Waals surface area contributed by atoms with E-state index in [1.807, 2.05) is 58.8 Å². The Hall–Kier alpha value is -3.28. The van der Waals surface area contributed by atoms with Gasteiger partial charge in [-0.2, -0.15) is 0 Å². The maximum Gasteiger partial charge on any atom is 0.573 e. The third-order valence-corrected chi connectivity index (χ3v) is 5.22.